The molecule has 1 atom stereocenters. The standard InChI is InChI=1S/C34H24Cl2N4O3S/c1-42-24-15-9-20(10-16-24)29-30-33(43-39-29)40-32(41)27-26(19-7-13-23(36)14-8-19)25-4-2-3-21(17-18-5-11-22(35)12-6-18)28(25)37-31(27)38-34(40)44-30/h5-17,29,39H,2-4H2,1H3/b21-17-. The Labute approximate surface area is 266 Å². The van der Waals surface area contributed by atoms with Crippen LogP contribution >= 0.6 is 34.5 Å². The van der Waals surface area contributed by atoms with Gasteiger partial charge in [0, 0.05) is 15.6 Å². The number of fused-ring (bicyclic) bond motifs is 5. The molecule has 4 heterocycles. The molecule has 0 bridgehead atoms. The second kappa shape index (κ2) is 10.7. The summed E-state index contributed by atoms with van der Waals surface area (Å²) in [6.07, 6.45) is 4.74. The van der Waals surface area contributed by atoms with Crippen molar-refractivity contribution in [1.29, 1.82) is 0 Å². The third-order valence-electron chi connectivity index (χ3n) is 8.21. The molecule has 0 saturated carbocycles. The lowest BCUT2D eigenvalue weighted by Gasteiger charge is -2.23. The predicted molar refractivity (Wildman–Crippen MR) is 176 cm³/mol. The Morgan fingerprint density at radius 1 is 0.977 bits per heavy atom. The number of aromatic nitrogens is 3. The Morgan fingerprint density at radius 3 is 2.43 bits per heavy atom. The number of pyridine rings is 1. The molecule has 1 aliphatic carbocycles. The van der Waals surface area contributed by atoms with E-state index in [1.807, 2.05) is 72.8 Å². The van der Waals surface area contributed by atoms with Gasteiger partial charge in [0.1, 0.15) is 11.8 Å². The number of thiazole rings is 1. The molecule has 1 aliphatic heterocycles. The molecule has 3 aromatic carbocycles. The minimum absolute atomic E-state index is 0.214. The van der Waals surface area contributed by atoms with Crippen LogP contribution in [0, 0.1) is 0 Å². The average molecular weight is 640 g/mol. The molecule has 0 spiro atoms. The van der Waals surface area contributed by atoms with Gasteiger partial charge in [-0.2, -0.15) is 4.98 Å². The molecule has 0 fully saturated rings. The SMILES string of the molecule is COc1ccc(C2NOc3c2sc2nc4nc5c(c(-c6ccc(Cl)cc6)c4c(=O)n32)CCC/C5=C/c2ccc(Cl)cc2)cc1. The molecule has 44 heavy (non-hydrogen) atoms. The van der Waals surface area contributed by atoms with Gasteiger partial charge >= 0.3 is 0 Å². The highest BCUT2D eigenvalue weighted by molar-refractivity contribution is 7.17. The van der Waals surface area contributed by atoms with Crippen molar-refractivity contribution < 1.29 is 9.57 Å². The van der Waals surface area contributed by atoms with Crippen LogP contribution in [0.4, 0.5) is 0 Å². The fraction of sp³-hybridized carbons (Fsp3) is 0.147. The van der Waals surface area contributed by atoms with E-state index in [9.17, 15) is 4.79 Å². The molecular weight excluding hydrogens is 615 g/mol. The molecule has 2 aliphatic rings. The zero-order valence-corrected chi connectivity index (χ0v) is 25.8. The maximum atomic E-state index is 14.5. The zero-order valence-electron chi connectivity index (χ0n) is 23.4. The highest BCUT2D eigenvalue weighted by atomic mass is 35.5. The number of rotatable bonds is 4. The molecule has 218 valence electrons. The normalized spacial score (nSPS) is 16.7. The average Bonchev–Trinajstić information content (AvgIpc) is 3.61. The second-order valence-electron chi connectivity index (χ2n) is 10.8. The van der Waals surface area contributed by atoms with E-state index in [1.165, 1.54) is 11.3 Å². The highest BCUT2D eigenvalue weighted by Gasteiger charge is 2.34. The topological polar surface area (TPSA) is 77.8 Å². The van der Waals surface area contributed by atoms with Crippen molar-refractivity contribution in [3.63, 3.8) is 0 Å². The monoisotopic (exact) mass is 638 g/mol. The summed E-state index contributed by atoms with van der Waals surface area (Å²) in [4.78, 5) is 32.0. The maximum Gasteiger partial charge on any atom is 0.271 e. The zero-order chi connectivity index (χ0) is 29.9. The smallest absolute Gasteiger partial charge is 0.271 e. The molecule has 1 unspecified atom stereocenters. The van der Waals surface area contributed by atoms with Crippen molar-refractivity contribution in [3.8, 4) is 22.8 Å². The van der Waals surface area contributed by atoms with Gasteiger partial charge in [0.25, 0.3) is 5.56 Å². The first-order valence-corrected chi connectivity index (χ1v) is 15.8. The van der Waals surface area contributed by atoms with Gasteiger partial charge in [-0.1, -0.05) is 70.9 Å². The van der Waals surface area contributed by atoms with Crippen molar-refractivity contribution in [2.75, 3.05) is 7.11 Å². The number of methoxy groups -OCH3 is 1. The van der Waals surface area contributed by atoms with Crippen LogP contribution in [0.3, 0.4) is 0 Å². The molecular formula is C34H24Cl2N4O3S. The van der Waals surface area contributed by atoms with Crippen molar-refractivity contribution in [3.05, 3.63) is 120 Å². The van der Waals surface area contributed by atoms with Crippen LogP contribution in [0.25, 0.3) is 38.8 Å². The van der Waals surface area contributed by atoms with Crippen LogP contribution in [0.5, 0.6) is 11.6 Å². The lowest BCUT2D eigenvalue weighted by atomic mass is 9.84. The van der Waals surface area contributed by atoms with E-state index in [4.69, 9.17) is 42.7 Å². The Kier molecular flexibility index (Phi) is 6.68. The molecule has 0 saturated heterocycles. The van der Waals surface area contributed by atoms with Crippen molar-refractivity contribution in [1.82, 2.24) is 19.8 Å². The number of allylic oxidation sites excluding steroid dienone is 1. The summed E-state index contributed by atoms with van der Waals surface area (Å²) in [6.45, 7) is 0. The van der Waals surface area contributed by atoms with Crippen LogP contribution in [-0.2, 0) is 6.42 Å². The summed E-state index contributed by atoms with van der Waals surface area (Å²) in [5.41, 5.74) is 10.1. The predicted octanol–water partition coefficient (Wildman–Crippen LogP) is 8.15. The highest BCUT2D eigenvalue weighted by Crippen LogP contribution is 2.43. The number of hydroxylamine groups is 1. The van der Waals surface area contributed by atoms with E-state index in [0.29, 0.717) is 31.9 Å². The van der Waals surface area contributed by atoms with Gasteiger partial charge in [-0.25, -0.2) is 9.38 Å². The molecule has 10 heteroatoms. The summed E-state index contributed by atoms with van der Waals surface area (Å²) in [5.74, 6) is 1.22. The summed E-state index contributed by atoms with van der Waals surface area (Å²) < 4.78 is 6.89. The van der Waals surface area contributed by atoms with Gasteiger partial charge in [0.2, 0.25) is 10.8 Å². The maximum absolute atomic E-state index is 14.5. The molecule has 0 amide bonds. The van der Waals surface area contributed by atoms with Crippen molar-refractivity contribution in [2.45, 2.75) is 25.3 Å². The van der Waals surface area contributed by atoms with Gasteiger partial charge in [-0.3, -0.25) is 4.79 Å². The van der Waals surface area contributed by atoms with Gasteiger partial charge in [0.15, 0.2) is 5.65 Å². The largest absolute Gasteiger partial charge is 0.497 e. The Hall–Kier alpha value is -4.21. The Morgan fingerprint density at radius 2 is 1.70 bits per heavy atom. The fourth-order valence-corrected chi connectivity index (χ4v) is 7.47. The molecule has 8 rings (SSSR count). The van der Waals surface area contributed by atoms with Crippen LogP contribution in [-0.4, -0.2) is 21.5 Å². The molecule has 6 aromatic rings. The first-order chi connectivity index (χ1) is 21.5. The van der Waals surface area contributed by atoms with Crippen LogP contribution in [0.2, 0.25) is 10.0 Å². The molecule has 7 nitrogen and oxygen atoms in total. The van der Waals surface area contributed by atoms with E-state index >= 15 is 0 Å². The lowest BCUT2D eigenvalue weighted by Crippen LogP contribution is -2.21. The Bertz CT molecular complexity index is 2170. The van der Waals surface area contributed by atoms with E-state index in [1.54, 1.807) is 11.5 Å². The summed E-state index contributed by atoms with van der Waals surface area (Å²) in [5, 5.41) is 1.78. The summed E-state index contributed by atoms with van der Waals surface area (Å²) in [7, 11) is 1.64. The first kappa shape index (κ1) is 27.3. The number of halogens is 2. The first-order valence-electron chi connectivity index (χ1n) is 14.2. The third kappa shape index (κ3) is 4.49. The number of ether oxygens (including phenoxy) is 1. The third-order valence-corrected chi connectivity index (χ3v) is 9.80. The number of nitrogens with one attached hydrogen (secondary N) is 1. The summed E-state index contributed by atoms with van der Waals surface area (Å²) >= 11 is 13.9. The van der Waals surface area contributed by atoms with Gasteiger partial charge < -0.3 is 9.57 Å². The van der Waals surface area contributed by atoms with Gasteiger partial charge in [-0.05, 0) is 89.6 Å². The number of nitrogens with zero attached hydrogens (tertiary/aromatic N) is 3. The van der Waals surface area contributed by atoms with Gasteiger partial charge in [-0.15, -0.1) is 5.48 Å². The molecule has 0 radical (unpaired) electrons. The van der Waals surface area contributed by atoms with E-state index in [-0.39, 0.29) is 11.6 Å². The lowest BCUT2D eigenvalue weighted by molar-refractivity contribution is 0.197. The quantitative estimate of drug-likeness (QED) is 0.210. The number of benzene rings is 3. The van der Waals surface area contributed by atoms with Gasteiger partial charge in [0.05, 0.1) is 23.1 Å². The minimum atomic E-state index is -0.254. The van der Waals surface area contributed by atoms with Crippen LogP contribution in [0.1, 0.15) is 46.1 Å². The van der Waals surface area contributed by atoms with Crippen LogP contribution in [0.15, 0.2) is 77.6 Å². The second-order valence-corrected chi connectivity index (χ2v) is 12.7. The van der Waals surface area contributed by atoms with E-state index in [2.05, 4.69) is 11.6 Å². The minimum Gasteiger partial charge on any atom is -0.497 e. The van der Waals surface area contributed by atoms with E-state index in [0.717, 1.165) is 69.0 Å². The number of hydrogen-bond acceptors (Lipinski definition) is 7. The summed E-state index contributed by atoms with van der Waals surface area (Å²) in [6, 6.07) is 22.9. The van der Waals surface area contributed by atoms with Crippen molar-refractivity contribution >= 4 is 62.2 Å². The Balaban J connectivity index is 1.37. The molecule has 3 aromatic heterocycles. The van der Waals surface area contributed by atoms with Crippen LogP contribution < -0.4 is 20.6 Å². The fourth-order valence-electron chi connectivity index (χ4n) is 6.11. The molecule has 1 N–H and O–H groups in total. The number of hydrogen-bond donors (Lipinski definition) is 1. The van der Waals surface area contributed by atoms with Crippen molar-refractivity contribution in [2.24, 2.45) is 0 Å². The van der Waals surface area contributed by atoms with E-state index < -0.39 is 0 Å².